The zero-order valence-electron chi connectivity index (χ0n) is 13.5. The van der Waals surface area contributed by atoms with Gasteiger partial charge >= 0.3 is 5.97 Å². The molecule has 1 saturated carbocycles. The van der Waals surface area contributed by atoms with Gasteiger partial charge in [-0.05, 0) is 37.4 Å². The second-order valence-electron chi connectivity index (χ2n) is 5.96. The minimum Gasteiger partial charge on any atom is -0.460 e. The first kappa shape index (κ1) is 17.4. The number of carbonyl (C=O) groups is 1. The summed E-state index contributed by atoms with van der Waals surface area (Å²) in [5.41, 5.74) is 0.309. The molecule has 0 bridgehead atoms. The van der Waals surface area contributed by atoms with E-state index in [1.54, 1.807) is 0 Å². The number of rotatable bonds is 7. The molecule has 1 fully saturated rings. The van der Waals surface area contributed by atoms with E-state index in [1.165, 1.54) is 56.4 Å². The molecule has 2 rings (SSSR count). The highest BCUT2D eigenvalue weighted by Crippen LogP contribution is 2.26. The van der Waals surface area contributed by atoms with E-state index in [2.05, 4.69) is 5.32 Å². The summed E-state index contributed by atoms with van der Waals surface area (Å²) < 4.78 is 5.43. The molecular weight excluding hydrogens is 296 g/mol. The minimum atomic E-state index is -0.487. The summed E-state index contributed by atoms with van der Waals surface area (Å²) >= 11 is 0. The average molecular weight is 320 g/mol. The molecule has 23 heavy (non-hydrogen) atoms. The SMILES string of the molecule is CCN[C@H](COC(=O)c1ccc([N+](=O)[O-])cc1)C1CCCCC1. The number of nitro groups is 1. The van der Waals surface area contributed by atoms with E-state index in [0.29, 0.717) is 18.1 Å². The number of hydrogen-bond donors (Lipinski definition) is 1. The number of nitrogens with one attached hydrogen (secondary N) is 1. The largest absolute Gasteiger partial charge is 0.460 e. The third kappa shape index (κ3) is 5.03. The highest BCUT2D eigenvalue weighted by molar-refractivity contribution is 5.89. The molecule has 0 spiro atoms. The Morgan fingerprint density at radius 2 is 1.96 bits per heavy atom. The summed E-state index contributed by atoms with van der Waals surface area (Å²) in [6.45, 7) is 3.23. The van der Waals surface area contributed by atoms with E-state index in [4.69, 9.17) is 4.74 Å². The molecule has 1 N–H and O–H groups in total. The minimum absolute atomic E-state index is 0.0331. The Morgan fingerprint density at radius 3 is 2.52 bits per heavy atom. The van der Waals surface area contributed by atoms with Crippen molar-refractivity contribution in [3.63, 3.8) is 0 Å². The van der Waals surface area contributed by atoms with Crippen LogP contribution in [-0.2, 0) is 4.74 Å². The van der Waals surface area contributed by atoms with Crippen molar-refractivity contribution >= 4 is 11.7 Å². The molecule has 1 aliphatic rings. The van der Waals surface area contributed by atoms with Gasteiger partial charge in [-0.1, -0.05) is 26.2 Å². The number of esters is 1. The second-order valence-corrected chi connectivity index (χ2v) is 5.96. The van der Waals surface area contributed by atoms with Gasteiger partial charge in [0.15, 0.2) is 0 Å². The van der Waals surface area contributed by atoms with E-state index < -0.39 is 10.9 Å². The number of ether oxygens (including phenoxy) is 1. The van der Waals surface area contributed by atoms with Gasteiger partial charge in [0.1, 0.15) is 6.61 Å². The average Bonchev–Trinajstić information content (AvgIpc) is 2.59. The standard InChI is InChI=1S/C17H24N2O4/c1-2-18-16(13-6-4-3-5-7-13)12-23-17(20)14-8-10-15(11-9-14)19(21)22/h8-11,13,16,18H,2-7,12H2,1H3/t16-/m1/s1. The molecule has 0 unspecified atom stereocenters. The fourth-order valence-corrected chi connectivity index (χ4v) is 3.13. The van der Waals surface area contributed by atoms with Crippen molar-refractivity contribution in [3.8, 4) is 0 Å². The number of non-ortho nitro benzene ring substituents is 1. The maximum absolute atomic E-state index is 12.1. The first-order valence-corrected chi connectivity index (χ1v) is 8.26. The summed E-state index contributed by atoms with van der Waals surface area (Å²) in [5, 5.41) is 14.0. The zero-order chi connectivity index (χ0) is 16.7. The number of hydrogen-bond acceptors (Lipinski definition) is 5. The van der Waals surface area contributed by atoms with Gasteiger partial charge in [0.05, 0.1) is 10.5 Å². The molecule has 0 heterocycles. The molecule has 0 saturated heterocycles. The molecule has 1 aromatic carbocycles. The van der Waals surface area contributed by atoms with Crippen molar-refractivity contribution in [2.45, 2.75) is 45.1 Å². The summed E-state index contributed by atoms with van der Waals surface area (Å²) in [6, 6.07) is 5.69. The lowest BCUT2D eigenvalue weighted by Gasteiger charge is -2.30. The van der Waals surface area contributed by atoms with Gasteiger partial charge in [-0.25, -0.2) is 4.79 Å². The molecule has 0 radical (unpaired) electrons. The van der Waals surface area contributed by atoms with Crippen molar-refractivity contribution in [2.75, 3.05) is 13.2 Å². The predicted octanol–water partition coefficient (Wildman–Crippen LogP) is 3.31. The number of likely N-dealkylation sites (N-methyl/N-ethyl adjacent to an activating group) is 1. The van der Waals surface area contributed by atoms with Crippen LogP contribution in [-0.4, -0.2) is 30.1 Å². The number of benzene rings is 1. The van der Waals surface area contributed by atoms with E-state index >= 15 is 0 Å². The number of carbonyl (C=O) groups excluding carboxylic acids is 1. The Hall–Kier alpha value is -1.95. The van der Waals surface area contributed by atoms with Crippen LogP contribution in [0.3, 0.4) is 0 Å². The molecule has 126 valence electrons. The van der Waals surface area contributed by atoms with Crippen LogP contribution in [0.2, 0.25) is 0 Å². The number of nitrogens with zero attached hydrogens (tertiary/aromatic N) is 1. The number of nitro benzene ring substituents is 1. The van der Waals surface area contributed by atoms with Gasteiger partial charge in [0, 0.05) is 18.2 Å². The van der Waals surface area contributed by atoms with Crippen LogP contribution in [0.15, 0.2) is 24.3 Å². The maximum Gasteiger partial charge on any atom is 0.338 e. The van der Waals surface area contributed by atoms with Crippen LogP contribution in [0.5, 0.6) is 0 Å². The third-order valence-electron chi connectivity index (χ3n) is 4.39. The monoisotopic (exact) mass is 320 g/mol. The second kappa shape index (κ2) is 8.62. The Labute approximate surface area is 136 Å². The van der Waals surface area contributed by atoms with E-state index in [1.807, 2.05) is 6.92 Å². The lowest BCUT2D eigenvalue weighted by Crippen LogP contribution is -2.41. The molecule has 0 aliphatic heterocycles. The van der Waals surface area contributed by atoms with Gasteiger partial charge < -0.3 is 10.1 Å². The molecule has 0 amide bonds. The summed E-state index contributed by atoms with van der Waals surface area (Å²) in [4.78, 5) is 22.2. The molecule has 6 heteroatoms. The van der Waals surface area contributed by atoms with Crippen LogP contribution in [0.4, 0.5) is 5.69 Å². The van der Waals surface area contributed by atoms with Gasteiger partial charge in [-0.15, -0.1) is 0 Å². The van der Waals surface area contributed by atoms with Crippen molar-refractivity contribution in [2.24, 2.45) is 5.92 Å². The maximum atomic E-state index is 12.1. The fraction of sp³-hybridized carbons (Fsp3) is 0.588. The summed E-state index contributed by atoms with van der Waals surface area (Å²) in [5.74, 6) is 0.118. The van der Waals surface area contributed by atoms with Gasteiger partial charge in [0.2, 0.25) is 0 Å². The van der Waals surface area contributed by atoms with Crippen molar-refractivity contribution in [1.29, 1.82) is 0 Å². The van der Waals surface area contributed by atoms with Gasteiger partial charge in [-0.2, -0.15) is 0 Å². The molecule has 1 atom stereocenters. The van der Waals surface area contributed by atoms with Crippen molar-refractivity contribution < 1.29 is 14.5 Å². The Bertz CT molecular complexity index is 524. The molecule has 6 nitrogen and oxygen atoms in total. The normalized spacial score (nSPS) is 16.7. The van der Waals surface area contributed by atoms with Crippen LogP contribution in [0.1, 0.15) is 49.4 Å². The molecular formula is C17H24N2O4. The summed E-state index contributed by atoms with van der Waals surface area (Å²) in [7, 11) is 0. The Balaban J connectivity index is 1.91. The van der Waals surface area contributed by atoms with Crippen LogP contribution in [0.25, 0.3) is 0 Å². The van der Waals surface area contributed by atoms with E-state index in [9.17, 15) is 14.9 Å². The van der Waals surface area contributed by atoms with E-state index in [0.717, 1.165) is 6.54 Å². The molecule has 1 aliphatic carbocycles. The van der Waals surface area contributed by atoms with Crippen molar-refractivity contribution in [3.05, 3.63) is 39.9 Å². The Morgan fingerprint density at radius 1 is 1.30 bits per heavy atom. The van der Waals surface area contributed by atoms with Gasteiger partial charge in [-0.3, -0.25) is 10.1 Å². The quantitative estimate of drug-likeness (QED) is 0.473. The van der Waals surface area contributed by atoms with Crippen LogP contribution in [0, 0.1) is 16.0 Å². The molecule has 1 aromatic rings. The predicted molar refractivity (Wildman–Crippen MR) is 87.4 cm³/mol. The zero-order valence-corrected chi connectivity index (χ0v) is 13.5. The first-order chi connectivity index (χ1) is 11.1. The lowest BCUT2D eigenvalue weighted by molar-refractivity contribution is -0.384. The fourth-order valence-electron chi connectivity index (χ4n) is 3.13. The topological polar surface area (TPSA) is 81.5 Å². The molecule has 0 aromatic heterocycles. The van der Waals surface area contributed by atoms with Crippen LogP contribution < -0.4 is 5.32 Å². The summed E-state index contributed by atoms with van der Waals surface area (Å²) in [6.07, 6.45) is 6.11. The van der Waals surface area contributed by atoms with Gasteiger partial charge in [0.25, 0.3) is 5.69 Å². The van der Waals surface area contributed by atoms with Crippen LogP contribution >= 0.6 is 0 Å². The highest BCUT2D eigenvalue weighted by Gasteiger charge is 2.24. The lowest BCUT2D eigenvalue weighted by atomic mass is 9.84. The highest BCUT2D eigenvalue weighted by atomic mass is 16.6. The Kier molecular flexibility index (Phi) is 6.52. The van der Waals surface area contributed by atoms with E-state index in [-0.39, 0.29) is 11.7 Å². The van der Waals surface area contributed by atoms with Crippen molar-refractivity contribution in [1.82, 2.24) is 5.32 Å². The third-order valence-corrected chi connectivity index (χ3v) is 4.39. The first-order valence-electron chi connectivity index (χ1n) is 8.26. The smallest absolute Gasteiger partial charge is 0.338 e.